The third kappa shape index (κ3) is 5.25. The zero-order chi connectivity index (χ0) is 19.1. The summed E-state index contributed by atoms with van der Waals surface area (Å²) in [5.41, 5.74) is 0.370. The largest absolute Gasteiger partial charge is 0.451 e. The minimum absolute atomic E-state index is 0.0427. The van der Waals surface area contributed by atoms with Gasteiger partial charge in [0.05, 0.1) is 6.61 Å². The van der Waals surface area contributed by atoms with E-state index < -0.39 is 11.6 Å². The van der Waals surface area contributed by atoms with E-state index in [2.05, 4.69) is 10.6 Å². The van der Waals surface area contributed by atoms with Gasteiger partial charge in [-0.2, -0.15) is 0 Å². The molecule has 0 unspecified atom stereocenters. The van der Waals surface area contributed by atoms with Crippen molar-refractivity contribution in [3.63, 3.8) is 0 Å². The van der Waals surface area contributed by atoms with Gasteiger partial charge in [-0.3, -0.25) is 0 Å². The van der Waals surface area contributed by atoms with Crippen molar-refractivity contribution in [2.24, 2.45) is 5.92 Å². The zero-order valence-electron chi connectivity index (χ0n) is 15.3. The van der Waals surface area contributed by atoms with Gasteiger partial charge in [0.25, 0.3) is 0 Å². The molecule has 0 spiro atoms. The van der Waals surface area contributed by atoms with E-state index in [9.17, 15) is 9.50 Å². The lowest BCUT2D eigenvalue weighted by Gasteiger charge is -2.28. The van der Waals surface area contributed by atoms with Crippen LogP contribution in [-0.2, 0) is 0 Å². The van der Waals surface area contributed by atoms with E-state index in [1.807, 2.05) is 6.07 Å². The highest BCUT2D eigenvalue weighted by atomic mass is 19.1. The molecule has 1 aliphatic rings. The first-order chi connectivity index (χ1) is 13.2. The number of piperidine rings is 1. The van der Waals surface area contributed by atoms with Crippen LogP contribution in [0.1, 0.15) is 30.9 Å². The van der Waals surface area contributed by atoms with Crippen LogP contribution >= 0.6 is 0 Å². The third-order valence-electron chi connectivity index (χ3n) is 4.95. The summed E-state index contributed by atoms with van der Waals surface area (Å²) in [6.45, 7) is 2.21. The predicted molar refractivity (Wildman–Crippen MR) is 101 cm³/mol. The average Bonchev–Trinajstić information content (AvgIpc) is 2.70. The SMILES string of the molecule is OCCN[C@H](CC1CCNCC1)c1ccc(F)c(Oc2ccccc2)c1F. The fraction of sp³-hybridized carbons (Fsp3) is 0.429. The molecule has 3 rings (SSSR count). The van der Waals surface area contributed by atoms with Crippen LogP contribution in [0.5, 0.6) is 11.5 Å². The maximum atomic E-state index is 15.2. The number of hydrogen-bond donors (Lipinski definition) is 3. The van der Waals surface area contributed by atoms with Gasteiger partial charge in [0.1, 0.15) is 5.75 Å². The Hall–Kier alpha value is -2.02. The fourth-order valence-corrected chi connectivity index (χ4v) is 3.53. The average molecular weight is 376 g/mol. The van der Waals surface area contributed by atoms with Crippen LogP contribution in [0, 0.1) is 17.6 Å². The molecule has 2 aromatic carbocycles. The molecule has 1 fully saturated rings. The number of halogens is 2. The van der Waals surface area contributed by atoms with E-state index in [0.29, 0.717) is 23.8 Å². The molecule has 0 aromatic heterocycles. The van der Waals surface area contributed by atoms with Crippen molar-refractivity contribution < 1.29 is 18.6 Å². The molecule has 0 amide bonds. The highest BCUT2D eigenvalue weighted by Crippen LogP contribution is 2.35. The van der Waals surface area contributed by atoms with Crippen LogP contribution in [0.3, 0.4) is 0 Å². The quantitative estimate of drug-likeness (QED) is 0.657. The Kier molecular flexibility index (Phi) is 7.15. The van der Waals surface area contributed by atoms with Crippen molar-refractivity contribution >= 4 is 0 Å². The minimum Gasteiger partial charge on any atom is -0.451 e. The fourth-order valence-electron chi connectivity index (χ4n) is 3.53. The van der Waals surface area contributed by atoms with Crippen molar-refractivity contribution in [2.75, 3.05) is 26.2 Å². The van der Waals surface area contributed by atoms with Gasteiger partial charge in [-0.25, -0.2) is 8.78 Å². The summed E-state index contributed by atoms with van der Waals surface area (Å²) in [5.74, 6) is -0.984. The number of hydrogen-bond acceptors (Lipinski definition) is 4. The Bertz CT molecular complexity index is 722. The van der Waals surface area contributed by atoms with Gasteiger partial charge in [0.15, 0.2) is 17.4 Å². The summed E-state index contributed by atoms with van der Waals surface area (Å²) in [7, 11) is 0. The molecule has 1 aliphatic heterocycles. The van der Waals surface area contributed by atoms with Crippen LogP contribution in [-0.4, -0.2) is 31.3 Å². The van der Waals surface area contributed by atoms with Crippen molar-refractivity contribution in [3.05, 3.63) is 59.7 Å². The third-order valence-corrected chi connectivity index (χ3v) is 4.95. The normalized spacial score (nSPS) is 16.3. The second-order valence-corrected chi connectivity index (χ2v) is 6.85. The number of aliphatic hydroxyl groups is 1. The standard InChI is InChI=1S/C21H26F2N2O2/c22-18-7-6-17(20(23)21(18)27-16-4-2-1-3-5-16)19(25-12-13-26)14-15-8-10-24-11-9-15/h1-7,15,19,24-26H,8-14H2/t19-/m1/s1. The molecule has 6 heteroatoms. The summed E-state index contributed by atoms with van der Waals surface area (Å²) < 4.78 is 34.9. The monoisotopic (exact) mass is 376 g/mol. The number of nitrogens with one attached hydrogen (secondary N) is 2. The van der Waals surface area contributed by atoms with Gasteiger partial charge in [-0.15, -0.1) is 0 Å². The molecule has 27 heavy (non-hydrogen) atoms. The van der Waals surface area contributed by atoms with Crippen LogP contribution in [0.15, 0.2) is 42.5 Å². The van der Waals surface area contributed by atoms with E-state index in [4.69, 9.17) is 4.74 Å². The lowest BCUT2D eigenvalue weighted by molar-refractivity contribution is 0.263. The summed E-state index contributed by atoms with van der Waals surface area (Å²) in [6, 6.07) is 11.0. The molecule has 0 radical (unpaired) electrons. The zero-order valence-corrected chi connectivity index (χ0v) is 15.3. The van der Waals surface area contributed by atoms with Gasteiger partial charge in [0, 0.05) is 18.2 Å². The molecule has 1 atom stereocenters. The topological polar surface area (TPSA) is 53.5 Å². The molecule has 1 heterocycles. The molecule has 0 saturated carbocycles. The number of benzene rings is 2. The van der Waals surface area contributed by atoms with Crippen LogP contribution in [0.25, 0.3) is 0 Å². The van der Waals surface area contributed by atoms with Gasteiger partial charge in [-0.1, -0.05) is 24.3 Å². The van der Waals surface area contributed by atoms with E-state index in [0.717, 1.165) is 32.4 Å². The summed E-state index contributed by atoms with van der Waals surface area (Å²) in [6.07, 6.45) is 2.77. The lowest BCUT2D eigenvalue weighted by atomic mass is 9.88. The van der Waals surface area contributed by atoms with E-state index >= 15 is 4.39 Å². The van der Waals surface area contributed by atoms with Crippen molar-refractivity contribution in [1.29, 1.82) is 0 Å². The maximum absolute atomic E-state index is 15.2. The summed E-state index contributed by atoms with van der Waals surface area (Å²) >= 11 is 0. The molecule has 2 aromatic rings. The van der Waals surface area contributed by atoms with Gasteiger partial charge >= 0.3 is 0 Å². The number of rotatable bonds is 8. The molecule has 0 aliphatic carbocycles. The Morgan fingerprint density at radius 1 is 1.11 bits per heavy atom. The Labute approximate surface area is 158 Å². The van der Waals surface area contributed by atoms with Crippen LogP contribution in [0.4, 0.5) is 8.78 Å². The number of ether oxygens (including phenoxy) is 1. The second kappa shape index (κ2) is 9.78. The first-order valence-electron chi connectivity index (χ1n) is 9.44. The van der Waals surface area contributed by atoms with Gasteiger partial charge in [-0.05, 0) is 56.5 Å². The highest BCUT2D eigenvalue weighted by Gasteiger charge is 2.25. The van der Waals surface area contributed by atoms with E-state index in [-0.39, 0.29) is 18.4 Å². The Morgan fingerprint density at radius 3 is 2.56 bits per heavy atom. The smallest absolute Gasteiger partial charge is 0.198 e. The summed E-state index contributed by atoms with van der Waals surface area (Å²) in [4.78, 5) is 0. The predicted octanol–water partition coefficient (Wildman–Crippen LogP) is 3.77. The van der Waals surface area contributed by atoms with Crippen LogP contribution in [0.2, 0.25) is 0 Å². The molecule has 4 nitrogen and oxygen atoms in total. The molecule has 0 bridgehead atoms. The first kappa shape index (κ1) is 19.7. The van der Waals surface area contributed by atoms with Gasteiger partial charge in [0.2, 0.25) is 0 Å². The molecular formula is C21H26F2N2O2. The molecule has 146 valence electrons. The number of para-hydroxylation sites is 1. The first-order valence-corrected chi connectivity index (χ1v) is 9.44. The van der Waals surface area contributed by atoms with E-state index in [1.54, 1.807) is 24.3 Å². The molecule has 3 N–H and O–H groups in total. The van der Waals surface area contributed by atoms with Crippen molar-refractivity contribution in [2.45, 2.75) is 25.3 Å². The summed E-state index contributed by atoms with van der Waals surface area (Å²) in [5, 5.41) is 15.7. The van der Waals surface area contributed by atoms with Crippen molar-refractivity contribution in [3.8, 4) is 11.5 Å². The van der Waals surface area contributed by atoms with Crippen LogP contribution < -0.4 is 15.4 Å². The van der Waals surface area contributed by atoms with E-state index in [1.165, 1.54) is 12.1 Å². The Balaban J connectivity index is 1.85. The van der Waals surface area contributed by atoms with Crippen molar-refractivity contribution in [1.82, 2.24) is 10.6 Å². The number of aliphatic hydroxyl groups excluding tert-OH is 1. The van der Waals surface area contributed by atoms with Gasteiger partial charge < -0.3 is 20.5 Å². The maximum Gasteiger partial charge on any atom is 0.198 e. The molecular weight excluding hydrogens is 350 g/mol. The minimum atomic E-state index is -0.733. The second-order valence-electron chi connectivity index (χ2n) is 6.85. The highest BCUT2D eigenvalue weighted by molar-refractivity contribution is 5.38. The molecule has 1 saturated heterocycles. The lowest BCUT2D eigenvalue weighted by Crippen LogP contribution is -2.32. The Morgan fingerprint density at radius 2 is 1.85 bits per heavy atom.